The van der Waals surface area contributed by atoms with Crippen molar-refractivity contribution in [2.24, 2.45) is 23.2 Å². The lowest BCUT2D eigenvalue weighted by Crippen LogP contribution is -2.48. The standard InChI is InChI=1S/C20H25N3O.C10H16O.C9H18O.C7H16OS/c1-4-23(5-2)20(24)14-9-16-15-7-6-8-17-19(15)13(11-21-17)10-18(16)22(3)12-14;1-10(2)8-4-3-7(6-11)9(10)5-8;1-3-5-6-7-8-9(10)4-2;1-3-4-7(9-2)5-6-8/h6-9,11,14,18,21H,4-5,10,12H2,1-3H3;3,8-9,11H,4-6H2,1-2H3;3-8H2,1-2H3;7-8H,3-6H2,1-2H3/t14-,18-;;;/m1.../s1. The van der Waals surface area contributed by atoms with Crippen molar-refractivity contribution in [2.45, 2.75) is 137 Å². The molecule has 1 aromatic carbocycles. The van der Waals surface area contributed by atoms with Gasteiger partial charge in [-0.15, -0.1) is 0 Å². The number of carbonyl (C=O) groups excluding carboxylic acids is 2. The number of thioether (sulfide) groups is 1. The minimum absolute atomic E-state index is 0.0445. The number of aliphatic hydroxyl groups excluding tert-OH is 2. The molecule has 1 fully saturated rings. The number of Topliss-reactive ketones (excluding diaryl/α,β-unsaturated/α-hetero) is 1. The highest BCUT2D eigenvalue weighted by Gasteiger charge is 2.50. The van der Waals surface area contributed by atoms with Crippen LogP contribution in [-0.2, 0) is 16.0 Å². The van der Waals surface area contributed by atoms with Gasteiger partial charge in [-0.05, 0) is 111 Å². The number of benzene rings is 1. The van der Waals surface area contributed by atoms with Crippen molar-refractivity contribution >= 4 is 39.9 Å². The molecule has 2 bridgehead atoms. The molecular formula is C46H75N3O4S. The Balaban J connectivity index is 0.000000219. The topological polar surface area (TPSA) is 96.9 Å². The number of aromatic nitrogens is 1. The fraction of sp³-hybridized carbons (Fsp3) is 0.696. The fourth-order valence-corrected chi connectivity index (χ4v) is 9.62. The number of allylic oxidation sites excluding steroid dienone is 1. The minimum atomic E-state index is -0.0445. The molecule has 4 aliphatic carbocycles. The summed E-state index contributed by atoms with van der Waals surface area (Å²) in [5.41, 5.74) is 6.98. The maximum absolute atomic E-state index is 12.9. The van der Waals surface area contributed by atoms with Gasteiger partial charge in [-0.1, -0.05) is 84.6 Å². The van der Waals surface area contributed by atoms with Crippen LogP contribution in [0, 0.1) is 23.2 Å². The van der Waals surface area contributed by atoms with Crippen molar-refractivity contribution in [3.05, 3.63) is 53.2 Å². The van der Waals surface area contributed by atoms with E-state index in [1.165, 1.54) is 78.1 Å². The third-order valence-corrected chi connectivity index (χ3v) is 13.7. The number of hydrogen-bond donors (Lipinski definition) is 3. The molecule has 54 heavy (non-hydrogen) atoms. The predicted octanol–water partition coefficient (Wildman–Crippen LogP) is 9.71. The Morgan fingerprint density at radius 1 is 1.04 bits per heavy atom. The number of carbonyl (C=O) groups is 2. The van der Waals surface area contributed by atoms with Crippen molar-refractivity contribution < 1.29 is 19.8 Å². The number of fused-ring (bicyclic) bond motifs is 3. The molecule has 3 unspecified atom stereocenters. The molecule has 1 saturated carbocycles. The Hall–Kier alpha value is -2.39. The van der Waals surface area contributed by atoms with Crippen LogP contribution in [0.4, 0.5) is 0 Å². The van der Waals surface area contributed by atoms with E-state index in [1.807, 2.05) is 23.6 Å². The largest absolute Gasteiger partial charge is 0.396 e. The summed E-state index contributed by atoms with van der Waals surface area (Å²) < 4.78 is 0. The van der Waals surface area contributed by atoms with Gasteiger partial charge in [0.1, 0.15) is 5.78 Å². The summed E-state index contributed by atoms with van der Waals surface area (Å²) >= 11 is 1.86. The Morgan fingerprint density at radius 2 is 1.78 bits per heavy atom. The van der Waals surface area contributed by atoms with Gasteiger partial charge in [0.25, 0.3) is 0 Å². The van der Waals surface area contributed by atoms with E-state index in [9.17, 15) is 9.59 Å². The highest BCUT2D eigenvalue weighted by atomic mass is 32.2. The second-order valence-electron chi connectivity index (χ2n) is 16.3. The molecule has 0 radical (unpaired) electrons. The van der Waals surface area contributed by atoms with Crippen molar-refractivity contribution in [2.75, 3.05) is 46.2 Å². The molecule has 304 valence electrons. The molecule has 7 nitrogen and oxygen atoms in total. The highest BCUT2D eigenvalue weighted by molar-refractivity contribution is 7.99. The second kappa shape index (κ2) is 23.0. The van der Waals surface area contributed by atoms with Gasteiger partial charge in [-0.2, -0.15) is 11.8 Å². The third kappa shape index (κ3) is 11.8. The minimum Gasteiger partial charge on any atom is -0.396 e. The second-order valence-corrected chi connectivity index (χ2v) is 17.4. The summed E-state index contributed by atoms with van der Waals surface area (Å²) in [4.78, 5) is 31.3. The van der Waals surface area contributed by atoms with E-state index < -0.39 is 0 Å². The van der Waals surface area contributed by atoms with Gasteiger partial charge in [-0.3, -0.25) is 14.5 Å². The summed E-state index contributed by atoms with van der Waals surface area (Å²) in [5.74, 6) is 2.20. The lowest BCUT2D eigenvalue weighted by Gasteiger charge is -2.56. The Labute approximate surface area is 332 Å². The van der Waals surface area contributed by atoms with E-state index in [1.54, 1.807) is 0 Å². The first kappa shape index (κ1) is 46.0. The predicted molar refractivity (Wildman–Crippen MR) is 231 cm³/mol. The first-order chi connectivity index (χ1) is 25.9. The number of aliphatic hydroxyl groups is 2. The zero-order chi connectivity index (χ0) is 39.8. The number of nitrogens with zero attached hydrogens (tertiary/aromatic N) is 2. The number of amides is 1. The van der Waals surface area contributed by atoms with Crippen LogP contribution in [0.2, 0.25) is 0 Å². The van der Waals surface area contributed by atoms with E-state index >= 15 is 0 Å². The van der Waals surface area contributed by atoms with Gasteiger partial charge in [-0.25, -0.2) is 0 Å². The van der Waals surface area contributed by atoms with Gasteiger partial charge in [0.05, 0.1) is 12.5 Å². The van der Waals surface area contributed by atoms with Gasteiger partial charge in [0.15, 0.2) is 0 Å². The molecule has 7 rings (SSSR count). The molecule has 1 aliphatic heterocycles. The van der Waals surface area contributed by atoms with Gasteiger partial charge in [0, 0.05) is 67.5 Å². The third-order valence-electron chi connectivity index (χ3n) is 12.5. The summed E-state index contributed by atoms with van der Waals surface area (Å²) in [6.07, 6.45) is 22.1. The zero-order valence-electron chi connectivity index (χ0n) is 35.4. The number of nitrogens with one attached hydrogen (secondary N) is 1. The van der Waals surface area contributed by atoms with E-state index in [-0.39, 0.29) is 18.4 Å². The van der Waals surface area contributed by atoms with Gasteiger partial charge >= 0.3 is 0 Å². The van der Waals surface area contributed by atoms with Crippen molar-refractivity contribution in [3.63, 3.8) is 0 Å². The SMILES string of the molecule is CC1(C)C2CC=C(CO)C1C2.CCCC(CCO)SC.CCCCCCC(=O)CC.CCN(CC)C(=O)[C@@H]1C=C2c3cccc4[nH]cc(c34)C[C@H]2N(C)C1. The molecule has 5 atom stereocenters. The van der Waals surface area contributed by atoms with Crippen LogP contribution >= 0.6 is 11.8 Å². The summed E-state index contributed by atoms with van der Waals surface area (Å²) in [6, 6.07) is 6.82. The lowest BCUT2D eigenvalue weighted by molar-refractivity contribution is -0.134. The maximum atomic E-state index is 12.9. The maximum Gasteiger partial charge on any atom is 0.230 e. The lowest BCUT2D eigenvalue weighted by atomic mass is 9.49. The number of likely N-dealkylation sites (N-methyl/N-ethyl adjacent to an activating group) is 1. The highest BCUT2D eigenvalue weighted by Crippen LogP contribution is 2.59. The zero-order valence-corrected chi connectivity index (χ0v) is 36.2. The van der Waals surface area contributed by atoms with Crippen molar-refractivity contribution in [1.29, 1.82) is 0 Å². The normalized spacial score (nSPS) is 22.4. The van der Waals surface area contributed by atoms with Crippen LogP contribution < -0.4 is 0 Å². The molecule has 0 spiro atoms. The molecule has 2 heterocycles. The number of hydrogen-bond acceptors (Lipinski definition) is 6. The van der Waals surface area contributed by atoms with Crippen LogP contribution in [0.25, 0.3) is 16.5 Å². The van der Waals surface area contributed by atoms with E-state index in [2.05, 4.69) is 101 Å². The van der Waals surface area contributed by atoms with Crippen LogP contribution in [-0.4, -0.2) is 94.1 Å². The summed E-state index contributed by atoms with van der Waals surface area (Å²) in [6.45, 7) is 18.0. The van der Waals surface area contributed by atoms with Crippen LogP contribution in [0.15, 0.2) is 42.1 Å². The van der Waals surface area contributed by atoms with Crippen molar-refractivity contribution in [1.82, 2.24) is 14.8 Å². The van der Waals surface area contributed by atoms with Gasteiger partial charge < -0.3 is 20.1 Å². The molecule has 8 heteroatoms. The number of H-pyrrole nitrogens is 1. The average molecular weight is 766 g/mol. The number of ketones is 1. The van der Waals surface area contributed by atoms with Crippen molar-refractivity contribution in [3.8, 4) is 0 Å². The average Bonchev–Trinajstić information content (AvgIpc) is 3.61. The summed E-state index contributed by atoms with van der Waals surface area (Å²) in [5, 5.41) is 19.6. The quantitative estimate of drug-likeness (QED) is 0.124. The smallest absolute Gasteiger partial charge is 0.230 e. The number of aromatic amines is 1. The molecule has 1 aromatic heterocycles. The first-order valence-corrected chi connectivity index (χ1v) is 22.5. The van der Waals surface area contributed by atoms with Crippen LogP contribution in [0.5, 0.6) is 0 Å². The van der Waals surface area contributed by atoms with E-state index in [0.29, 0.717) is 41.4 Å². The van der Waals surface area contributed by atoms with Crippen LogP contribution in [0.3, 0.4) is 0 Å². The van der Waals surface area contributed by atoms with E-state index in [0.717, 1.165) is 51.2 Å². The Bertz CT molecular complexity index is 1500. The summed E-state index contributed by atoms with van der Waals surface area (Å²) in [7, 11) is 2.15. The monoisotopic (exact) mass is 766 g/mol. The van der Waals surface area contributed by atoms with Crippen LogP contribution in [0.1, 0.15) is 130 Å². The molecule has 5 aliphatic rings. The van der Waals surface area contributed by atoms with E-state index in [4.69, 9.17) is 10.2 Å². The molecule has 3 N–H and O–H groups in total. The number of rotatable bonds is 15. The Kier molecular flexibility index (Phi) is 19.6. The Morgan fingerprint density at radius 3 is 2.33 bits per heavy atom. The number of unbranched alkanes of at least 4 members (excludes halogenated alkanes) is 3. The molecule has 1 amide bonds. The first-order valence-electron chi connectivity index (χ1n) is 21.2. The molecular weight excluding hydrogens is 691 g/mol. The fourth-order valence-electron chi connectivity index (χ4n) is 8.80. The molecule has 2 aromatic rings. The van der Waals surface area contributed by atoms with Gasteiger partial charge in [0.2, 0.25) is 5.91 Å². The molecule has 0 saturated heterocycles.